The van der Waals surface area contributed by atoms with E-state index in [4.69, 9.17) is 0 Å². The van der Waals surface area contributed by atoms with Crippen LogP contribution in [0.2, 0.25) is 0 Å². The second-order valence-electron chi connectivity index (χ2n) is 4.37. The van der Waals surface area contributed by atoms with Crippen molar-refractivity contribution >= 4 is 17.5 Å². The number of aromatic nitrogens is 2. The van der Waals surface area contributed by atoms with Gasteiger partial charge in [0.25, 0.3) is 0 Å². The average molecular weight is 270 g/mol. The van der Waals surface area contributed by atoms with Gasteiger partial charge in [-0.3, -0.25) is 19.1 Å². The van der Waals surface area contributed by atoms with E-state index in [1.807, 2.05) is 0 Å². The molecule has 0 spiro atoms. The quantitative estimate of drug-likeness (QED) is 0.644. The topological polar surface area (TPSA) is 78.3 Å². The first-order chi connectivity index (χ1) is 9.61. The summed E-state index contributed by atoms with van der Waals surface area (Å²) in [5.41, 5.74) is 1.01. The Labute approximate surface area is 114 Å². The molecule has 0 saturated heterocycles. The highest BCUT2D eigenvalue weighted by atomic mass is 16.5. The second kappa shape index (κ2) is 4.41. The van der Waals surface area contributed by atoms with Gasteiger partial charge >= 0.3 is 5.97 Å². The van der Waals surface area contributed by atoms with E-state index in [9.17, 15) is 14.4 Å². The van der Waals surface area contributed by atoms with Crippen LogP contribution in [0, 0.1) is 0 Å². The van der Waals surface area contributed by atoms with Gasteiger partial charge < -0.3 is 4.74 Å². The lowest BCUT2D eigenvalue weighted by atomic mass is 9.88. The number of hydrogen-bond donors (Lipinski definition) is 0. The molecule has 2 aromatic rings. The maximum Gasteiger partial charge on any atom is 0.327 e. The highest BCUT2D eigenvalue weighted by Crippen LogP contribution is 2.25. The van der Waals surface area contributed by atoms with E-state index >= 15 is 0 Å². The Hall–Kier alpha value is -2.76. The number of carbonyl (C=O) groups excluding carboxylic acids is 3. The normalized spacial score (nSPS) is 12.8. The van der Waals surface area contributed by atoms with E-state index in [0.29, 0.717) is 11.1 Å². The van der Waals surface area contributed by atoms with E-state index < -0.39 is 5.97 Å². The number of methoxy groups -OCH3 is 1. The predicted octanol–water partition coefficient (Wildman–Crippen LogP) is 0.832. The first kappa shape index (κ1) is 12.3. The van der Waals surface area contributed by atoms with Gasteiger partial charge in [0, 0.05) is 17.3 Å². The summed E-state index contributed by atoms with van der Waals surface area (Å²) in [7, 11) is 1.26. The number of hydrogen-bond acceptors (Lipinski definition) is 5. The highest BCUT2D eigenvalue weighted by molar-refractivity contribution is 6.27. The van der Waals surface area contributed by atoms with E-state index in [2.05, 4.69) is 9.84 Å². The summed E-state index contributed by atoms with van der Waals surface area (Å²) in [6.07, 6.45) is 1.41. The lowest BCUT2D eigenvalue weighted by molar-refractivity contribution is -0.141. The summed E-state index contributed by atoms with van der Waals surface area (Å²) < 4.78 is 5.78. The van der Waals surface area contributed by atoms with Crippen LogP contribution in [-0.4, -0.2) is 34.4 Å². The van der Waals surface area contributed by atoms with Crippen molar-refractivity contribution in [3.8, 4) is 0 Å². The summed E-state index contributed by atoms with van der Waals surface area (Å²) in [5, 5.41) is 4.01. The zero-order valence-electron chi connectivity index (χ0n) is 10.6. The van der Waals surface area contributed by atoms with Crippen LogP contribution in [0.5, 0.6) is 0 Å². The number of ketones is 2. The molecule has 1 aromatic carbocycles. The van der Waals surface area contributed by atoms with E-state index in [1.165, 1.54) is 18.0 Å². The number of esters is 1. The molecule has 6 nitrogen and oxygen atoms in total. The van der Waals surface area contributed by atoms with Gasteiger partial charge in [-0.2, -0.15) is 5.10 Å². The van der Waals surface area contributed by atoms with Crippen molar-refractivity contribution in [2.45, 2.75) is 6.54 Å². The highest BCUT2D eigenvalue weighted by Gasteiger charge is 2.32. The zero-order valence-corrected chi connectivity index (χ0v) is 10.6. The summed E-state index contributed by atoms with van der Waals surface area (Å²) in [5.74, 6) is -1.06. The molecule has 3 rings (SSSR count). The summed E-state index contributed by atoms with van der Waals surface area (Å²) in [6, 6.07) is 6.60. The van der Waals surface area contributed by atoms with Crippen LogP contribution < -0.4 is 0 Å². The monoisotopic (exact) mass is 270 g/mol. The smallest absolute Gasteiger partial charge is 0.327 e. The molecule has 0 bridgehead atoms. The fourth-order valence-electron chi connectivity index (χ4n) is 2.18. The van der Waals surface area contributed by atoms with Gasteiger partial charge in [0.15, 0.2) is 5.78 Å². The van der Waals surface area contributed by atoms with Crippen LogP contribution in [0.25, 0.3) is 0 Å². The van der Waals surface area contributed by atoms with E-state index in [0.717, 1.165) is 0 Å². The molecule has 0 fully saturated rings. The van der Waals surface area contributed by atoms with Gasteiger partial charge in [-0.1, -0.05) is 24.3 Å². The maximum atomic E-state index is 12.3. The van der Waals surface area contributed by atoms with Crippen molar-refractivity contribution in [1.29, 1.82) is 0 Å². The molecule has 20 heavy (non-hydrogen) atoms. The number of rotatable bonds is 2. The molecule has 0 saturated carbocycles. The number of nitrogens with zero attached hydrogens (tertiary/aromatic N) is 2. The van der Waals surface area contributed by atoms with Crippen molar-refractivity contribution < 1.29 is 19.1 Å². The lowest BCUT2D eigenvalue weighted by Gasteiger charge is -2.11. The van der Waals surface area contributed by atoms with Gasteiger partial charge in [-0.25, -0.2) is 0 Å². The molecule has 1 aliphatic rings. The Morgan fingerprint density at radius 2 is 1.80 bits per heavy atom. The molecule has 0 radical (unpaired) electrons. The minimum Gasteiger partial charge on any atom is -0.468 e. The first-order valence-corrected chi connectivity index (χ1v) is 5.94. The number of carbonyl (C=O) groups is 3. The minimum atomic E-state index is -0.498. The van der Waals surface area contributed by atoms with Gasteiger partial charge in [-0.15, -0.1) is 0 Å². The third-order valence-electron chi connectivity index (χ3n) is 3.16. The molecular weight excluding hydrogens is 260 g/mol. The Kier molecular flexibility index (Phi) is 2.71. The molecule has 1 heterocycles. The van der Waals surface area contributed by atoms with E-state index in [-0.39, 0.29) is 29.4 Å². The zero-order chi connectivity index (χ0) is 14.3. The summed E-state index contributed by atoms with van der Waals surface area (Å²) >= 11 is 0. The third kappa shape index (κ3) is 1.73. The maximum absolute atomic E-state index is 12.3. The molecule has 1 aromatic heterocycles. The predicted molar refractivity (Wildman–Crippen MR) is 67.6 cm³/mol. The van der Waals surface area contributed by atoms with E-state index in [1.54, 1.807) is 24.3 Å². The lowest BCUT2D eigenvalue weighted by Crippen LogP contribution is -2.19. The van der Waals surface area contributed by atoms with Crippen molar-refractivity contribution in [2.75, 3.05) is 7.11 Å². The average Bonchev–Trinajstić information content (AvgIpc) is 2.89. The second-order valence-corrected chi connectivity index (χ2v) is 4.37. The molecule has 6 heteroatoms. The van der Waals surface area contributed by atoms with Crippen LogP contribution in [0.4, 0.5) is 0 Å². The molecule has 0 atom stereocenters. The standard InChI is InChI=1S/C14H10N2O4/c1-20-11(17)7-16-6-10-12(15-16)14(19)9-5-3-2-4-8(9)13(10)18/h2-6H,7H2,1H3. The third-order valence-corrected chi connectivity index (χ3v) is 3.16. The van der Waals surface area contributed by atoms with Crippen LogP contribution >= 0.6 is 0 Å². The molecule has 0 unspecified atom stereocenters. The Bertz CT molecular complexity index is 693. The number of ether oxygens (including phenoxy) is 1. The molecule has 0 amide bonds. The fourth-order valence-corrected chi connectivity index (χ4v) is 2.18. The molecular formula is C14H10N2O4. The Morgan fingerprint density at radius 1 is 1.15 bits per heavy atom. The number of fused-ring (bicyclic) bond motifs is 2. The van der Waals surface area contributed by atoms with Crippen molar-refractivity contribution in [1.82, 2.24) is 9.78 Å². The van der Waals surface area contributed by atoms with Crippen molar-refractivity contribution in [2.24, 2.45) is 0 Å². The molecule has 100 valence electrons. The molecule has 0 N–H and O–H groups in total. The largest absolute Gasteiger partial charge is 0.468 e. The molecule has 1 aliphatic carbocycles. The van der Waals surface area contributed by atoms with Crippen molar-refractivity contribution in [3.05, 3.63) is 52.8 Å². The van der Waals surface area contributed by atoms with Gasteiger partial charge in [0.2, 0.25) is 5.78 Å². The van der Waals surface area contributed by atoms with Crippen LogP contribution in [0.3, 0.4) is 0 Å². The molecule has 0 aliphatic heterocycles. The Balaban J connectivity index is 2.07. The van der Waals surface area contributed by atoms with Gasteiger partial charge in [-0.05, 0) is 0 Å². The van der Waals surface area contributed by atoms with Crippen LogP contribution in [0.1, 0.15) is 32.0 Å². The Morgan fingerprint density at radius 3 is 2.45 bits per heavy atom. The van der Waals surface area contributed by atoms with Crippen molar-refractivity contribution in [3.63, 3.8) is 0 Å². The first-order valence-electron chi connectivity index (χ1n) is 5.94. The van der Waals surface area contributed by atoms with Crippen LogP contribution in [0.15, 0.2) is 30.5 Å². The van der Waals surface area contributed by atoms with Gasteiger partial charge in [0.1, 0.15) is 12.2 Å². The summed E-state index contributed by atoms with van der Waals surface area (Å²) in [6.45, 7) is -0.138. The summed E-state index contributed by atoms with van der Waals surface area (Å²) in [4.78, 5) is 35.8. The SMILES string of the molecule is COC(=O)Cn1cc2c(n1)C(=O)c1ccccc1C2=O. The van der Waals surface area contributed by atoms with Gasteiger partial charge in [0.05, 0.1) is 12.7 Å². The number of benzene rings is 1. The fraction of sp³-hybridized carbons (Fsp3) is 0.143. The minimum absolute atomic E-state index is 0.0811. The van der Waals surface area contributed by atoms with Crippen LogP contribution in [-0.2, 0) is 16.1 Å².